The van der Waals surface area contributed by atoms with Gasteiger partial charge in [-0.3, -0.25) is 4.79 Å². The van der Waals surface area contributed by atoms with E-state index in [1.807, 2.05) is 0 Å². The number of carbonyl (C=O) groups is 3. The molecule has 1 atom stereocenters. The molecule has 0 radical (unpaired) electrons. The van der Waals surface area contributed by atoms with E-state index in [1.165, 1.54) is 12.1 Å². The molecule has 1 aromatic carbocycles. The first-order valence-electron chi connectivity index (χ1n) is 12.7. The topological polar surface area (TPSA) is 157 Å². The molecule has 226 valence electrons. The number of alkyl carbamates (subject to hydrolysis) is 1. The van der Waals surface area contributed by atoms with Gasteiger partial charge in [0.15, 0.2) is 5.82 Å². The van der Waals surface area contributed by atoms with Gasteiger partial charge in [0, 0.05) is 12.3 Å². The predicted molar refractivity (Wildman–Crippen MR) is 142 cm³/mol. The van der Waals surface area contributed by atoms with Gasteiger partial charge in [0.2, 0.25) is 5.82 Å². The van der Waals surface area contributed by atoms with Gasteiger partial charge in [-0.25, -0.2) is 23.4 Å². The van der Waals surface area contributed by atoms with Crippen molar-refractivity contribution in [2.75, 3.05) is 7.11 Å². The Labute approximate surface area is 240 Å². The Balaban J connectivity index is 1.75. The van der Waals surface area contributed by atoms with Gasteiger partial charge in [0.25, 0.3) is 5.88 Å². The van der Waals surface area contributed by atoms with Gasteiger partial charge in [-0.1, -0.05) is 0 Å². The summed E-state index contributed by atoms with van der Waals surface area (Å²) in [5.74, 6) is -3.77. The van der Waals surface area contributed by atoms with E-state index >= 15 is 0 Å². The number of hydrogen-bond donors (Lipinski definition) is 1. The third-order valence-corrected chi connectivity index (χ3v) is 5.01. The minimum atomic E-state index is -0.951. The molecule has 0 bridgehead atoms. The molecule has 0 spiro atoms. The Morgan fingerprint density at radius 3 is 2.29 bits per heavy atom. The molecule has 0 aliphatic rings. The Kier molecular flexibility index (Phi) is 9.75. The average Bonchev–Trinajstić information content (AvgIpc) is 3.30. The van der Waals surface area contributed by atoms with Crippen LogP contribution in [0.5, 0.6) is 11.6 Å². The molecule has 1 N–H and O–H groups in total. The lowest BCUT2D eigenvalue weighted by atomic mass is 10.1. The fourth-order valence-corrected chi connectivity index (χ4v) is 3.43. The van der Waals surface area contributed by atoms with Gasteiger partial charge in [0.05, 0.1) is 37.2 Å². The third-order valence-electron chi connectivity index (χ3n) is 5.01. The maximum Gasteiger partial charge on any atom is 0.407 e. The lowest BCUT2D eigenvalue weighted by molar-refractivity contribution is -0.155. The summed E-state index contributed by atoms with van der Waals surface area (Å²) < 4.78 is 49.8. The van der Waals surface area contributed by atoms with Crippen LogP contribution in [0.4, 0.5) is 13.6 Å². The summed E-state index contributed by atoms with van der Waals surface area (Å²) in [6.45, 7) is 10.1. The van der Waals surface area contributed by atoms with Crippen molar-refractivity contribution in [2.45, 2.75) is 71.8 Å². The first-order valence-corrected chi connectivity index (χ1v) is 12.7. The maximum atomic E-state index is 15.0. The Bertz CT molecular complexity index is 1420. The number of halogens is 2. The standard InChI is InChI=1S/C27H32F2N6O7/c1-26(2,3)41-21(36)11-16(31-25(38)42-27(4,5)6)14-35-33-22(32-34-35)18-9-8-17(12-19(18)28)40-23-20(29)10-15(13-30-23)24(37)39-7/h8-10,12-13,16H,11,14H2,1-7H3,(H,31,38)/t16-/m0/s1. The molecule has 13 nitrogen and oxygen atoms in total. The van der Waals surface area contributed by atoms with Gasteiger partial charge in [0.1, 0.15) is 22.8 Å². The Morgan fingerprint density at radius 1 is 1.00 bits per heavy atom. The van der Waals surface area contributed by atoms with Crippen molar-refractivity contribution >= 4 is 18.0 Å². The number of carbonyl (C=O) groups excluding carboxylic acids is 3. The molecule has 3 rings (SSSR count). The van der Waals surface area contributed by atoms with Crippen LogP contribution in [0.2, 0.25) is 0 Å². The number of esters is 2. The molecule has 3 aromatic rings. The van der Waals surface area contributed by atoms with Crippen molar-refractivity contribution in [3.05, 3.63) is 47.7 Å². The maximum absolute atomic E-state index is 15.0. The van der Waals surface area contributed by atoms with Crippen LogP contribution in [0.25, 0.3) is 11.4 Å². The van der Waals surface area contributed by atoms with Gasteiger partial charge in [-0.15, -0.1) is 10.2 Å². The van der Waals surface area contributed by atoms with Crippen molar-refractivity contribution in [1.82, 2.24) is 30.5 Å². The molecule has 2 aromatic heterocycles. The van der Waals surface area contributed by atoms with Crippen LogP contribution in [-0.4, -0.2) is 67.6 Å². The number of rotatable bonds is 9. The fraction of sp³-hybridized carbons (Fsp3) is 0.444. The smallest absolute Gasteiger partial charge is 0.407 e. The zero-order chi connectivity index (χ0) is 31.2. The zero-order valence-electron chi connectivity index (χ0n) is 24.2. The number of hydrogen-bond acceptors (Lipinski definition) is 11. The number of methoxy groups -OCH3 is 1. The number of ether oxygens (including phenoxy) is 4. The number of tetrazole rings is 1. The quantitative estimate of drug-likeness (QED) is 0.281. The lowest BCUT2D eigenvalue weighted by Crippen LogP contribution is -2.43. The minimum Gasteiger partial charge on any atom is -0.465 e. The van der Waals surface area contributed by atoms with Crippen LogP contribution in [-0.2, 0) is 25.5 Å². The van der Waals surface area contributed by atoms with Crippen LogP contribution in [0.3, 0.4) is 0 Å². The summed E-state index contributed by atoms with van der Waals surface area (Å²) in [6, 6.07) is 3.65. The number of amides is 1. The minimum absolute atomic E-state index is 0.0492. The second kappa shape index (κ2) is 12.9. The first-order chi connectivity index (χ1) is 19.5. The highest BCUT2D eigenvalue weighted by molar-refractivity contribution is 5.89. The van der Waals surface area contributed by atoms with E-state index in [9.17, 15) is 23.2 Å². The van der Waals surface area contributed by atoms with Crippen LogP contribution >= 0.6 is 0 Å². The van der Waals surface area contributed by atoms with E-state index < -0.39 is 52.8 Å². The van der Waals surface area contributed by atoms with E-state index in [2.05, 4.69) is 30.4 Å². The second-order valence-electron chi connectivity index (χ2n) is 11.0. The summed E-state index contributed by atoms with van der Waals surface area (Å²) in [5.41, 5.74) is -1.69. The molecule has 0 unspecified atom stereocenters. The summed E-state index contributed by atoms with van der Waals surface area (Å²) in [6.07, 6.45) is 0.0770. The first kappa shape index (κ1) is 31.8. The Hall–Kier alpha value is -4.69. The monoisotopic (exact) mass is 590 g/mol. The highest BCUT2D eigenvalue weighted by Crippen LogP contribution is 2.28. The summed E-state index contributed by atoms with van der Waals surface area (Å²) in [4.78, 5) is 41.2. The molecule has 15 heteroatoms. The summed E-state index contributed by atoms with van der Waals surface area (Å²) >= 11 is 0. The molecule has 2 heterocycles. The molecular formula is C27H32F2N6O7. The molecular weight excluding hydrogens is 558 g/mol. The van der Waals surface area contributed by atoms with Crippen molar-refractivity contribution in [2.24, 2.45) is 0 Å². The van der Waals surface area contributed by atoms with E-state index in [1.54, 1.807) is 41.5 Å². The molecule has 0 aliphatic heterocycles. The average molecular weight is 591 g/mol. The summed E-state index contributed by atoms with van der Waals surface area (Å²) in [7, 11) is 1.14. The highest BCUT2D eigenvalue weighted by Gasteiger charge is 2.26. The second-order valence-corrected chi connectivity index (χ2v) is 11.0. The molecule has 0 saturated carbocycles. The van der Waals surface area contributed by atoms with Gasteiger partial charge in [-0.05, 0) is 65.0 Å². The zero-order valence-corrected chi connectivity index (χ0v) is 24.2. The SMILES string of the molecule is COC(=O)c1cnc(Oc2ccc(-c3nnn(C[C@H](CC(=O)OC(C)(C)C)NC(=O)OC(C)(C)C)n3)c(F)c2)c(F)c1. The van der Waals surface area contributed by atoms with Crippen molar-refractivity contribution in [3.63, 3.8) is 0 Å². The predicted octanol–water partition coefficient (Wildman–Crippen LogP) is 4.22. The van der Waals surface area contributed by atoms with E-state index in [-0.39, 0.29) is 35.7 Å². The molecule has 1 amide bonds. The molecule has 42 heavy (non-hydrogen) atoms. The number of benzene rings is 1. The van der Waals surface area contributed by atoms with Gasteiger partial charge >= 0.3 is 18.0 Å². The van der Waals surface area contributed by atoms with E-state index in [0.717, 1.165) is 30.2 Å². The molecule has 0 saturated heterocycles. The van der Waals surface area contributed by atoms with Crippen LogP contribution in [0.15, 0.2) is 30.5 Å². The number of nitrogens with one attached hydrogen (secondary N) is 1. The summed E-state index contributed by atoms with van der Waals surface area (Å²) in [5, 5.41) is 14.5. The van der Waals surface area contributed by atoms with Crippen molar-refractivity contribution in [3.8, 4) is 23.0 Å². The molecule has 0 fully saturated rings. The Morgan fingerprint density at radius 2 is 1.69 bits per heavy atom. The normalized spacial score (nSPS) is 12.3. The number of pyridine rings is 1. The van der Waals surface area contributed by atoms with Crippen LogP contribution < -0.4 is 10.1 Å². The molecule has 0 aliphatic carbocycles. The number of aromatic nitrogens is 5. The third kappa shape index (κ3) is 9.45. The number of nitrogens with zero attached hydrogens (tertiary/aromatic N) is 5. The lowest BCUT2D eigenvalue weighted by Gasteiger charge is -2.24. The van der Waals surface area contributed by atoms with Gasteiger partial charge < -0.3 is 24.3 Å². The highest BCUT2D eigenvalue weighted by atomic mass is 19.1. The van der Waals surface area contributed by atoms with Crippen LogP contribution in [0, 0.1) is 11.6 Å². The van der Waals surface area contributed by atoms with Crippen molar-refractivity contribution < 1.29 is 42.1 Å². The largest absolute Gasteiger partial charge is 0.465 e. The van der Waals surface area contributed by atoms with Crippen molar-refractivity contribution in [1.29, 1.82) is 0 Å². The van der Waals surface area contributed by atoms with Crippen LogP contribution in [0.1, 0.15) is 58.3 Å². The van der Waals surface area contributed by atoms with E-state index in [4.69, 9.17) is 14.2 Å². The fourth-order valence-electron chi connectivity index (χ4n) is 3.43. The van der Waals surface area contributed by atoms with E-state index in [0.29, 0.717) is 0 Å². The van der Waals surface area contributed by atoms with Gasteiger partial charge in [-0.2, -0.15) is 4.80 Å².